The molecule has 0 aromatic heterocycles. The lowest BCUT2D eigenvalue weighted by Gasteiger charge is -2.16. The minimum atomic E-state index is -3.79. The molecule has 0 radical (unpaired) electrons. The second-order valence-corrected chi connectivity index (χ2v) is 8.01. The van der Waals surface area contributed by atoms with Gasteiger partial charge in [-0.3, -0.25) is 10.1 Å². The highest BCUT2D eigenvalue weighted by molar-refractivity contribution is 7.90. The van der Waals surface area contributed by atoms with E-state index < -0.39 is 31.4 Å². The Hall–Kier alpha value is -1.87. The number of hydrogen-bond acceptors (Lipinski definition) is 6. The maximum absolute atomic E-state index is 11.7. The van der Waals surface area contributed by atoms with Crippen LogP contribution in [0, 0.1) is 10.1 Å². The number of halogens is 2. The molecule has 0 aliphatic heterocycles. The van der Waals surface area contributed by atoms with E-state index in [-0.39, 0.29) is 27.8 Å². The fourth-order valence-corrected chi connectivity index (χ4v) is 3.80. The molecule has 25 heavy (non-hydrogen) atoms. The lowest BCUT2D eigenvalue weighted by Crippen LogP contribution is -2.15. The molecule has 10 heteroatoms. The van der Waals surface area contributed by atoms with Gasteiger partial charge in [-0.25, -0.2) is 8.42 Å². The third kappa shape index (κ3) is 4.40. The van der Waals surface area contributed by atoms with Crippen molar-refractivity contribution in [3.63, 3.8) is 0 Å². The number of nitro groups is 1. The third-order valence-electron chi connectivity index (χ3n) is 3.40. The van der Waals surface area contributed by atoms with Crippen molar-refractivity contribution in [1.82, 2.24) is 0 Å². The molecule has 1 atom stereocenters. The highest BCUT2D eigenvalue weighted by Gasteiger charge is 2.26. The molecule has 0 heterocycles. The molecule has 2 aromatic carbocycles. The van der Waals surface area contributed by atoms with Gasteiger partial charge in [0.15, 0.2) is 9.84 Å². The fraction of sp³-hybridized carbons (Fsp3) is 0.200. The van der Waals surface area contributed by atoms with E-state index >= 15 is 0 Å². The highest BCUT2D eigenvalue weighted by Crippen LogP contribution is 2.34. The molecule has 134 valence electrons. The summed E-state index contributed by atoms with van der Waals surface area (Å²) in [7, 11) is -3.79. The van der Waals surface area contributed by atoms with Crippen LogP contribution in [0.15, 0.2) is 41.3 Å². The number of para-hydroxylation sites is 1. The molecule has 0 saturated heterocycles. The summed E-state index contributed by atoms with van der Waals surface area (Å²) in [4.78, 5) is 10.1. The van der Waals surface area contributed by atoms with Crippen LogP contribution in [0.3, 0.4) is 0 Å². The van der Waals surface area contributed by atoms with Gasteiger partial charge >= 0.3 is 5.69 Å². The Morgan fingerprint density at radius 3 is 2.28 bits per heavy atom. The predicted octanol–water partition coefficient (Wildman–Crippen LogP) is 3.45. The van der Waals surface area contributed by atoms with Crippen molar-refractivity contribution < 1.29 is 18.4 Å². The molecule has 0 aliphatic rings. The Morgan fingerprint density at radius 1 is 1.20 bits per heavy atom. The van der Waals surface area contributed by atoms with E-state index in [4.69, 9.17) is 23.2 Å². The predicted molar refractivity (Wildman–Crippen MR) is 96.1 cm³/mol. The number of nitro benzene ring substituents is 1. The van der Waals surface area contributed by atoms with Crippen LogP contribution in [0.2, 0.25) is 10.0 Å². The standard InChI is InChI=1S/C15H14Cl2N2O5S/c1-25(23,24)13-7-3-6-11(15(13)19(21)22)18-8-12(20)14-9(16)4-2-5-10(14)17/h2-7,12,18,20H,8H2,1H3. The Balaban J connectivity index is 2.34. The quantitative estimate of drug-likeness (QED) is 0.563. The van der Waals surface area contributed by atoms with Crippen molar-refractivity contribution in [2.24, 2.45) is 0 Å². The molecular formula is C15H14Cl2N2O5S. The Kier molecular flexibility index (Phi) is 5.89. The van der Waals surface area contributed by atoms with Gasteiger partial charge in [-0.1, -0.05) is 35.3 Å². The summed E-state index contributed by atoms with van der Waals surface area (Å²) in [5.41, 5.74) is -0.335. The van der Waals surface area contributed by atoms with E-state index in [2.05, 4.69) is 5.32 Å². The topological polar surface area (TPSA) is 110 Å². The van der Waals surface area contributed by atoms with Gasteiger partial charge in [0.05, 0.1) is 11.0 Å². The maximum atomic E-state index is 11.7. The molecular weight excluding hydrogens is 391 g/mol. The number of benzene rings is 2. The first-order chi connectivity index (χ1) is 11.6. The zero-order valence-corrected chi connectivity index (χ0v) is 15.3. The van der Waals surface area contributed by atoms with E-state index in [1.54, 1.807) is 18.2 Å². The number of anilines is 1. The van der Waals surface area contributed by atoms with Crippen LogP contribution in [0.25, 0.3) is 0 Å². The molecule has 1 unspecified atom stereocenters. The van der Waals surface area contributed by atoms with Gasteiger partial charge in [-0.15, -0.1) is 0 Å². The third-order valence-corrected chi connectivity index (χ3v) is 5.19. The zero-order valence-electron chi connectivity index (χ0n) is 12.9. The van der Waals surface area contributed by atoms with Crippen molar-refractivity contribution in [1.29, 1.82) is 0 Å². The summed E-state index contributed by atoms with van der Waals surface area (Å²) < 4.78 is 23.5. The van der Waals surface area contributed by atoms with Gasteiger partial charge in [-0.05, 0) is 24.3 Å². The first-order valence-electron chi connectivity index (χ1n) is 6.96. The van der Waals surface area contributed by atoms with Crippen LogP contribution in [-0.4, -0.2) is 31.2 Å². The summed E-state index contributed by atoms with van der Waals surface area (Å²) in [6.45, 7) is -0.155. The van der Waals surface area contributed by atoms with Crippen LogP contribution in [0.4, 0.5) is 11.4 Å². The SMILES string of the molecule is CS(=O)(=O)c1cccc(NCC(O)c2c(Cl)cccc2Cl)c1[N+](=O)[O-]. The van der Waals surface area contributed by atoms with E-state index in [9.17, 15) is 23.6 Å². The minimum absolute atomic E-state index is 0.0323. The molecule has 0 spiro atoms. The van der Waals surface area contributed by atoms with E-state index in [1.165, 1.54) is 12.1 Å². The van der Waals surface area contributed by atoms with Crippen molar-refractivity contribution in [2.75, 3.05) is 18.1 Å². The molecule has 2 N–H and O–H groups in total. The first kappa shape index (κ1) is 19.5. The van der Waals surface area contributed by atoms with Crippen LogP contribution < -0.4 is 5.32 Å². The van der Waals surface area contributed by atoms with Gasteiger partial charge in [0.2, 0.25) is 0 Å². The summed E-state index contributed by atoms with van der Waals surface area (Å²) >= 11 is 12.0. The number of rotatable bonds is 6. The van der Waals surface area contributed by atoms with Crippen LogP contribution in [0.5, 0.6) is 0 Å². The van der Waals surface area contributed by atoms with Gasteiger partial charge < -0.3 is 10.4 Å². The molecule has 2 rings (SSSR count). The summed E-state index contributed by atoms with van der Waals surface area (Å²) in [6.07, 6.45) is -0.264. The van der Waals surface area contributed by atoms with E-state index in [0.29, 0.717) is 0 Å². The van der Waals surface area contributed by atoms with Crippen molar-refractivity contribution in [3.8, 4) is 0 Å². The summed E-state index contributed by atoms with van der Waals surface area (Å²) in [5.74, 6) is 0. The number of aliphatic hydroxyl groups is 1. The van der Waals surface area contributed by atoms with Crippen LogP contribution >= 0.6 is 23.2 Å². The maximum Gasteiger partial charge on any atom is 0.310 e. The number of nitrogens with one attached hydrogen (secondary N) is 1. The summed E-state index contributed by atoms with van der Waals surface area (Å²) in [6, 6.07) is 8.61. The van der Waals surface area contributed by atoms with Crippen LogP contribution in [0.1, 0.15) is 11.7 Å². The molecule has 0 amide bonds. The highest BCUT2D eigenvalue weighted by atomic mass is 35.5. The van der Waals surface area contributed by atoms with Crippen LogP contribution in [-0.2, 0) is 9.84 Å². The normalized spacial score (nSPS) is 12.6. The van der Waals surface area contributed by atoms with E-state index in [0.717, 1.165) is 12.3 Å². The molecule has 2 aromatic rings. The van der Waals surface area contributed by atoms with Gasteiger partial charge in [-0.2, -0.15) is 0 Å². The monoisotopic (exact) mass is 404 g/mol. The largest absolute Gasteiger partial charge is 0.386 e. The molecule has 7 nitrogen and oxygen atoms in total. The smallest absolute Gasteiger partial charge is 0.310 e. The Labute approximate surface area is 154 Å². The number of sulfone groups is 1. The summed E-state index contributed by atoms with van der Waals surface area (Å²) in [5, 5.41) is 24.8. The molecule has 0 saturated carbocycles. The van der Waals surface area contributed by atoms with Crippen molar-refractivity contribution in [2.45, 2.75) is 11.0 Å². The molecule has 0 aliphatic carbocycles. The minimum Gasteiger partial charge on any atom is -0.386 e. The average molecular weight is 405 g/mol. The number of nitrogens with zero attached hydrogens (tertiary/aromatic N) is 1. The number of hydrogen-bond donors (Lipinski definition) is 2. The molecule has 0 bridgehead atoms. The lowest BCUT2D eigenvalue weighted by molar-refractivity contribution is -0.386. The average Bonchev–Trinajstić information content (AvgIpc) is 2.51. The number of aliphatic hydroxyl groups excluding tert-OH is 1. The fourth-order valence-electron chi connectivity index (χ4n) is 2.29. The zero-order chi connectivity index (χ0) is 18.8. The second kappa shape index (κ2) is 7.57. The first-order valence-corrected chi connectivity index (χ1v) is 9.61. The van der Waals surface area contributed by atoms with Gasteiger partial charge in [0, 0.05) is 28.4 Å². The Bertz CT molecular complexity index is 898. The van der Waals surface area contributed by atoms with E-state index in [1.807, 2.05) is 0 Å². The Morgan fingerprint density at radius 2 is 1.76 bits per heavy atom. The van der Waals surface area contributed by atoms with Crippen molar-refractivity contribution >= 4 is 44.4 Å². The van der Waals surface area contributed by atoms with Gasteiger partial charge in [0.25, 0.3) is 0 Å². The lowest BCUT2D eigenvalue weighted by atomic mass is 10.1. The second-order valence-electron chi connectivity index (χ2n) is 5.21. The van der Waals surface area contributed by atoms with Gasteiger partial charge in [0.1, 0.15) is 10.6 Å². The van der Waals surface area contributed by atoms with Crippen molar-refractivity contribution in [3.05, 3.63) is 62.1 Å². The molecule has 0 fully saturated rings.